The summed E-state index contributed by atoms with van der Waals surface area (Å²) in [4.78, 5) is 24.2. The number of carbonyl (C=O) groups excluding carboxylic acids is 2. The Hall–Kier alpha value is 0.616. The average Bonchev–Trinajstić information content (AvgIpc) is 2.65. The number of carbonyl (C=O) groups is 2. The summed E-state index contributed by atoms with van der Waals surface area (Å²) in [6.07, 6.45) is 6.74. The van der Waals surface area contributed by atoms with Gasteiger partial charge in [-0.25, -0.2) is 0 Å². The quantitative estimate of drug-likeness (QED) is 0.204. The van der Waals surface area contributed by atoms with E-state index in [2.05, 4.69) is 13.8 Å². The molecule has 0 radical (unpaired) electrons. The zero-order valence-electron chi connectivity index (χ0n) is 22.5. The number of hydrogen-bond acceptors (Lipinski definition) is 6. The molecule has 10 heteroatoms. The molecule has 0 fully saturated rings. The van der Waals surface area contributed by atoms with Gasteiger partial charge in [0.25, 0.3) is 10.1 Å². The van der Waals surface area contributed by atoms with Gasteiger partial charge in [0.05, 0.1) is 19.6 Å². The first-order valence-electron chi connectivity index (χ1n) is 10.5. The fourth-order valence-corrected chi connectivity index (χ4v) is 3.48. The van der Waals surface area contributed by atoms with Crippen LogP contribution < -0.4 is 29.6 Å². The van der Waals surface area contributed by atoms with Crippen LogP contribution in [0.4, 0.5) is 0 Å². The van der Waals surface area contributed by atoms with Gasteiger partial charge in [-0.05, 0) is 24.7 Å². The minimum Gasteiger partial charge on any atom is -1.00 e. The minimum absolute atomic E-state index is 0. The van der Waals surface area contributed by atoms with E-state index in [4.69, 9.17) is 9.47 Å². The molecule has 7 nitrogen and oxygen atoms in total. The van der Waals surface area contributed by atoms with Crippen molar-refractivity contribution in [1.29, 1.82) is 0 Å². The molecule has 1 N–H and O–H groups in total. The summed E-state index contributed by atoms with van der Waals surface area (Å²) in [5, 5.41) is -1.95. The van der Waals surface area contributed by atoms with Gasteiger partial charge in [0.1, 0.15) is 0 Å². The maximum Gasteiger partial charge on any atom is 2.00 e. The summed E-state index contributed by atoms with van der Waals surface area (Å²) in [6.45, 7) is 8.35. The molecule has 0 rings (SSSR count). The van der Waals surface area contributed by atoms with Crippen LogP contribution in [0.3, 0.4) is 0 Å². The Bertz CT molecular complexity index is 572. The molecule has 0 heterocycles. The van der Waals surface area contributed by atoms with Crippen molar-refractivity contribution in [1.82, 2.24) is 0 Å². The molecule has 0 amide bonds. The molecule has 0 saturated carbocycles. The van der Waals surface area contributed by atoms with Crippen LogP contribution in [0, 0.1) is 11.8 Å². The van der Waals surface area contributed by atoms with Crippen LogP contribution in [0.5, 0.6) is 0 Å². The number of esters is 2. The van der Waals surface area contributed by atoms with E-state index in [1.165, 1.54) is 0 Å². The largest absolute Gasteiger partial charge is 2.00 e. The van der Waals surface area contributed by atoms with Crippen molar-refractivity contribution in [3.05, 3.63) is 0 Å². The van der Waals surface area contributed by atoms with Crippen LogP contribution >= 0.6 is 0 Å². The zero-order valence-corrected chi connectivity index (χ0v) is 23.8. The first-order valence-corrected chi connectivity index (χ1v) is 12.0. The molecular formula is C20H41MgNaO7S. The van der Waals surface area contributed by atoms with E-state index in [9.17, 15) is 22.6 Å². The van der Waals surface area contributed by atoms with E-state index < -0.39 is 33.7 Å². The molecule has 0 aliphatic heterocycles. The molecule has 0 spiro atoms. The number of unbranched alkanes of at least 4 members (excludes halogenated alkanes) is 2. The van der Waals surface area contributed by atoms with Gasteiger partial charge in [-0.15, -0.1) is 0 Å². The van der Waals surface area contributed by atoms with E-state index in [-0.39, 0.29) is 81.9 Å². The fourth-order valence-electron chi connectivity index (χ4n) is 2.82. The SMILES string of the molecule is CCCCC(CC)COC(=O)CC(C(=O)OCC(CC)CCCC)S(=O)(=O)O.[H-].[H-].[H-].[Mg+2].[Na+]. The molecule has 0 aromatic heterocycles. The molecule has 0 bridgehead atoms. The Morgan fingerprint density at radius 3 is 1.70 bits per heavy atom. The van der Waals surface area contributed by atoms with Crippen molar-refractivity contribution in [2.75, 3.05) is 13.2 Å². The van der Waals surface area contributed by atoms with Crippen LogP contribution in [0.25, 0.3) is 0 Å². The van der Waals surface area contributed by atoms with Gasteiger partial charge in [-0.1, -0.05) is 66.2 Å². The third-order valence-corrected chi connectivity index (χ3v) is 6.08. The van der Waals surface area contributed by atoms with E-state index in [1.807, 2.05) is 13.8 Å². The second kappa shape index (κ2) is 20.2. The monoisotopic (exact) mass is 472 g/mol. The van der Waals surface area contributed by atoms with Gasteiger partial charge in [-0.2, -0.15) is 8.42 Å². The summed E-state index contributed by atoms with van der Waals surface area (Å²) in [6, 6.07) is 0. The molecule has 0 saturated heterocycles. The van der Waals surface area contributed by atoms with Crippen LogP contribution in [0.15, 0.2) is 0 Å². The average molecular weight is 473 g/mol. The molecule has 0 aromatic carbocycles. The Balaban J connectivity index is -0.000000364. The van der Waals surface area contributed by atoms with Crippen molar-refractivity contribution < 1.29 is 65.9 Å². The van der Waals surface area contributed by atoms with Gasteiger partial charge in [0.2, 0.25) is 0 Å². The minimum atomic E-state index is -4.76. The fraction of sp³-hybridized carbons (Fsp3) is 0.900. The molecule has 0 aliphatic rings. The third kappa shape index (κ3) is 16.3. The van der Waals surface area contributed by atoms with Gasteiger partial charge in [-0.3, -0.25) is 14.1 Å². The normalized spacial score (nSPS) is 13.9. The summed E-state index contributed by atoms with van der Waals surface area (Å²) >= 11 is 0. The molecule has 3 unspecified atom stereocenters. The van der Waals surface area contributed by atoms with Crippen LogP contribution in [-0.2, 0) is 29.2 Å². The number of ether oxygens (including phenoxy) is 2. The predicted molar refractivity (Wildman–Crippen MR) is 118 cm³/mol. The van der Waals surface area contributed by atoms with Crippen molar-refractivity contribution in [3.8, 4) is 0 Å². The number of rotatable bonds is 16. The summed E-state index contributed by atoms with van der Waals surface area (Å²) in [5.74, 6) is -1.61. The zero-order chi connectivity index (χ0) is 21.6. The van der Waals surface area contributed by atoms with Crippen molar-refractivity contribution >= 4 is 45.1 Å². The van der Waals surface area contributed by atoms with Crippen molar-refractivity contribution in [2.45, 2.75) is 90.7 Å². The smallest absolute Gasteiger partial charge is 1.00 e. The molecule has 0 aromatic rings. The first-order chi connectivity index (χ1) is 13.2. The Labute approximate surface area is 225 Å². The van der Waals surface area contributed by atoms with Crippen molar-refractivity contribution in [3.63, 3.8) is 0 Å². The summed E-state index contributed by atoms with van der Waals surface area (Å²) in [5.41, 5.74) is 0. The maximum atomic E-state index is 12.2. The van der Waals surface area contributed by atoms with Crippen LogP contribution in [0.1, 0.15) is 89.8 Å². The van der Waals surface area contributed by atoms with Gasteiger partial charge in [0.15, 0.2) is 5.25 Å². The second-order valence-corrected chi connectivity index (χ2v) is 8.95. The Kier molecular flexibility index (Phi) is 23.8. The third-order valence-electron chi connectivity index (χ3n) is 5.00. The summed E-state index contributed by atoms with van der Waals surface area (Å²) < 4.78 is 42.8. The number of hydrogen-bond donors (Lipinski definition) is 1. The van der Waals surface area contributed by atoms with E-state index in [0.29, 0.717) is 0 Å². The molecule has 3 atom stereocenters. The van der Waals surface area contributed by atoms with Gasteiger partial charge in [0, 0.05) is 0 Å². The molecule has 30 heavy (non-hydrogen) atoms. The topological polar surface area (TPSA) is 107 Å². The van der Waals surface area contributed by atoms with E-state index in [0.717, 1.165) is 51.4 Å². The standard InChI is InChI=1S/C20H38O7S.Mg.Na.3H/c1-5-9-11-16(7-3)14-26-19(21)13-18(28(23,24)25)20(22)27-15-17(8-4)12-10-6-2;;;;;/h16-18H,5-15H2,1-4H3,(H,23,24,25);;;;;/q;+2;+1;3*-1. The van der Waals surface area contributed by atoms with E-state index in [1.54, 1.807) is 0 Å². The Morgan fingerprint density at radius 2 is 1.33 bits per heavy atom. The van der Waals surface area contributed by atoms with Gasteiger partial charge >= 0.3 is 64.5 Å². The van der Waals surface area contributed by atoms with E-state index >= 15 is 0 Å². The van der Waals surface area contributed by atoms with Crippen LogP contribution in [0.2, 0.25) is 0 Å². The molecule has 172 valence electrons. The van der Waals surface area contributed by atoms with Crippen LogP contribution in [-0.4, -0.2) is 66.4 Å². The molecule has 0 aliphatic carbocycles. The van der Waals surface area contributed by atoms with Gasteiger partial charge < -0.3 is 13.8 Å². The maximum absolute atomic E-state index is 12.2. The Morgan fingerprint density at radius 1 is 0.900 bits per heavy atom. The van der Waals surface area contributed by atoms with Crippen molar-refractivity contribution in [2.24, 2.45) is 11.8 Å². The summed E-state index contributed by atoms with van der Waals surface area (Å²) in [7, 11) is -4.76. The molecular weight excluding hydrogens is 432 g/mol. The first kappa shape index (κ1) is 35.2. The second-order valence-electron chi connectivity index (χ2n) is 7.35. The predicted octanol–water partition coefficient (Wildman–Crippen LogP) is 1.11.